The molecule has 0 aromatic carbocycles. The maximum Gasteiger partial charge on any atom is 0.128 e. The van der Waals surface area contributed by atoms with Crippen molar-refractivity contribution in [1.82, 2.24) is 4.98 Å². The number of nitrogens with two attached hydrogens (primary N) is 1. The van der Waals surface area contributed by atoms with Gasteiger partial charge in [0.2, 0.25) is 0 Å². The fourth-order valence-corrected chi connectivity index (χ4v) is 2.00. The molecular weight excluding hydrogens is 210 g/mol. The van der Waals surface area contributed by atoms with E-state index in [1.165, 1.54) is 12.8 Å². The lowest BCUT2D eigenvalue weighted by Gasteiger charge is -2.26. The molecule has 0 aliphatic heterocycles. The fourth-order valence-electron chi connectivity index (χ4n) is 2.00. The molecule has 1 rings (SSSR count). The summed E-state index contributed by atoms with van der Waals surface area (Å²) in [6, 6.07) is 4.08. The lowest BCUT2D eigenvalue weighted by Crippen LogP contribution is -2.29. The van der Waals surface area contributed by atoms with Crippen molar-refractivity contribution in [3.8, 4) is 0 Å². The van der Waals surface area contributed by atoms with Crippen molar-refractivity contribution in [2.75, 3.05) is 18.0 Å². The quantitative estimate of drug-likeness (QED) is 0.790. The molecule has 96 valence electrons. The zero-order chi connectivity index (χ0) is 12.7. The highest BCUT2D eigenvalue weighted by atomic mass is 15.2. The van der Waals surface area contributed by atoms with Gasteiger partial charge < -0.3 is 10.6 Å². The Kier molecular flexibility index (Phi) is 5.98. The number of nitrogens with zero attached hydrogens (tertiary/aromatic N) is 2. The van der Waals surface area contributed by atoms with Crippen molar-refractivity contribution < 1.29 is 0 Å². The highest BCUT2D eigenvalue weighted by Crippen LogP contribution is 2.17. The van der Waals surface area contributed by atoms with Gasteiger partial charge in [0.25, 0.3) is 0 Å². The normalized spacial score (nSPS) is 10.9. The second-order valence-corrected chi connectivity index (χ2v) is 4.45. The number of rotatable bonds is 7. The molecule has 1 aromatic rings. The summed E-state index contributed by atoms with van der Waals surface area (Å²) in [4.78, 5) is 6.79. The van der Waals surface area contributed by atoms with E-state index in [2.05, 4.69) is 36.7 Å². The van der Waals surface area contributed by atoms with Crippen LogP contribution in [-0.4, -0.2) is 18.1 Å². The van der Waals surface area contributed by atoms with Crippen LogP contribution < -0.4 is 10.6 Å². The van der Waals surface area contributed by atoms with Gasteiger partial charge in [0, 0.05) is 25.8 Å². The van der Waals surface area contributed by atoms with Crippen LogP contribution in [0.2, 0.25) is 0 Å². The van der Waals surface area contributed by atoms with Gasteiger partial charge in [-0.15, -0.1) is 0 Å². The molecular formula is C14H25N3. The average Bonchev–Trinajstić information content (AvgIpc) is 2.40. The zero-order valence-electron chi connectivity index (χ0n) is 11.3. The summed E-state index contributed by atoms with van der Waals surface area (Å²) in [6.45, 7) is 9.36. The number of hydrogen-bond donors (Lipinski definition) is 1. The van der Waals surface area contributed by atoms with Crippen LogP contribution in [0.15, 0.2) is 18.3 Å². The van der Waals surface area contributed by atoms with E-state index in [1.54, 1.807) is 0 Å². The van der Waals surface area contributed by atoms with Crippen molar-refractivity contribution in [2.24, 2.45) is 11.7 Å². The SMILES string of the molecule is CCC(CC)CN(CC)c1cc(CN)ccn1. The van der Waals surface area contributed by atoms with Gasteiger partial charge >= 0.3 is 0 Å². The molecule has 0 bridgehead atoms. The molecule has 3 nitrogen and oxygen atoms in total. The molecule has 0 saturated carbocycles. The second-order valence-electron chi connectivity index (χ2n) is 4.45. The van der Waals surface area contributed by atoms with E-state index in [0.717, 1.165) is 30.4 Å². The first-order valence-corrected chi connectivity index (χ1v) is 6.65. The zero-order valence-corrected chi connectivity index (χ0v) is 11.3. The first kappa shape index (κ1) is 14.0. The monoisotopic (exact) mass is 235 g/mol. The molecule has 17 heavy (non-hydrogen) atoms. The van der Waals surface area contributed by atoms with Crippen LogP contribution in [0.3, 0.4) is 0 Å². The highest BCUT2D eigenvalue weighted by Gasteiger charge is 2.11. The molecule has 3 heteroatoms. The van der Waals surface area contributed by atoms with Gasteiger partial charge in [0.15, 0.2) is 0 Å². The van der Waals surface area contributed by atoms with E-state index in [0.29, 0.717) is 6.54 Å². The van der Waals surface area contributed by atoms with E-state index in [-0.39, 0.29) is 0 Å². The van der Waals surface area contributed by atoms with Gasteiger partial charge in [-0.25, -0.2) is 4.98 Å². The molecule has 0 unspecified atom stereocenters. The van der Waals surface area contributed by atoms with Crippen LogP contribution in [0, 0.1) is 5.92 Å². The van der Waals surface area contributed by atoms with Crippen molar-refractivity contribution in [1.29, 1.82) is 0 Å². The molecule has 0 aliphatic carbocycles. The number of pyridine rings is 1. The Bertz CT molecular complexity index is 321. The van der Waals surface area contributed by atoms with Crippen LogP contribution in [0.25, 0.3) is 0 Å². The molecule has 0 saturated heterocycles. The number of anilines is 1. The van der Waals surface area contributed by atoms with Gasteiger partial charge in [0.05, 0.1) is 0 Å². The van der Waals surface area contributed by atoms with Gasteiger partial charge in [-0.3, -0.25) is 0 Å². The Morgan fingerprint density at radius 3 is 2.53 bits per heavy atom. The minimum atomic E-state index is 0.581. The third-order valence-corrected chi connectivity index (χ3v) is 3.38. The molecule has 0 amide bonds. The standard InChI is InChI=1S/C14H25N3/c1-4-12(5-2)11-17(6-3)14-9-13(10-15)7-8-16-14/h7-9,12H,4-6,10-11,15H2,1-3H3. The minimum absolute atomic E-state index is 0.581. The largest absolute Gasteiger partial charge is 0.357 e. The molecule has 0 spiro atoms. The second kappa shape index (κ2) is 7.28. The summed E-state index contributed by atoms with van der Waals surface area (Å²) >= 11 is 0. The molecule has 1 aromatic heterocycles. The third kappa shape index (κ3) is 4.00. The number of aromatic nitrogens is 1. The molecule has 0 radical (unpaired) electrons. The molecule has 1 heterocycles. The van der Waals surface area contributed by atoms with Gasteiger partial charge in [-0.1, -0.05) is 26.7 Å². The Hall–Kier alpha value is -1.09. The van der Waals surface area contributed by atoms with Gasteiger partial charge in [-0.05, 0) is 30.5 Å². The Morgan fingerprint density at radius 2 is 2.00 bits per heavy atom. The summed E-state index contributed by atoms with van der Waals surface area (Å²) in [5.74, 6) is 1.81. The lowest BCUT2D eigenvalue weighted by molar-refractivity contribution is 0.484. The summed E-state index contributed by atoms with van der Waals surface area (Å²) < 4.78 is 0. The summed E-state index contributed by atoms with van der Waals surface area (Å²) in [7, 11) is 0. The smallest absolute Gasteiger partial charge is 0.128 e. The van der Waals surface area contributed by atoms with E-state index < -0.39 is 0 Å². The van der Waals surface area contributed by atoms with Crippen molar-refractivity contribution in [3.63, 3.8) is 0 Å². The van der Waals surface area contributed by atoms with Crippen molar-refractivity contribution >= 4 is 5.82 Å². The van der Waals surface area contributed by atoms with Crippen molar-refractivity contribution in [2.45, 2.75) is 40.2 Å². The predicted octanol–water partition coefficient (Wildman–Crippen LogP) is 2.80. The van der Waals surface area contributed by atoms with Gasteiger partial charge in [0.1, 0.15) is 5.82 Å². The molecule has 0 atom stereocenters. The summed E-state index contributed by atoms with van der Waals surface area (Å²) in [5, 5.41) is 0. The molecule has 0 aliphatic rings. The van der Waals surface area contributed by atoms with Gasteiger partial charge in [-0.2, -0.15) is 0 Å². The van der Waals surface area contributed by atoms with Crippen LogP contribution in [0.5, 0.6) is 0 Å². The topological polar surface area (TPSA) is 42.1 Å². The molecule has 2 N–H and O–H groups in total. The predicted molar refractivity (Wildman–Crippen MR) is 74.1 cm³/mol. The molecule has 0 fully saturated rings. The van der Waals surface area contributed by atoms with E-state index in [1.807, 2.05) is 12.3 Å². The highest BCUT2D eigenvalue weighted by molar-refractivity contribution is 5.40. The minimum Gasteiger partial charge on any atom is -0.357 e. The number of hydrogen-bond acceptors (Lipinski definition) is 3. The van der Waals surface area contributed by atoms with Crippen LogP contribution in [-0.2, 0) is 6.54 Å². The van der Waals surface area contributed by atoms with Crippen LogP contribution in [0.1, 0.15) is 39.2 Å². The van der Waals surface area contributed by atoms with Crippen LogP contribution >= 0.6 is 0 Å². The maximum atomic E-state index is 5.67. The Labute approximate surface area is 105 Å². The van der Waals surface area contributed by atoms with Crippen molar-refractivity contribution in [3.05, 3.63) is 23.9 Å². The van der Waals surface area contributed by atoms with Crippen LogP contribution in [0.4, 0.5) is 5.82 Å². The van der Waals surface area contributed by atoms with E-state index in [9.17, 15) is 0 Å². The Balaban J connectivity index is 2.77. The summed E-state index contributed by atoms with van der Waals surface area (Å²) in [6.07, 6.45) is 4.31. The first-order chi connectivity index (χ1) is 8.24. The summed E-state index contributed by atoms with van der Waals surface area (Å²) in [5.41, 5.74) is 6.82. The Morgan fingerprint density at radius 1 is 1.29 bits per heavy atom. The van der Waals surface area contributed by atoms with E-state index in [4.69, 9.17) is 5.73 Å². The third-order valence-electron chi connectivity index (χ3n) is 3.38. The fraction of sp³-hybridized carbons (Fsp3) is 0.643. The maximum absolute atomic E-state index is 5.67. The lowest BCUT2D eigenvalue weighted by atomic mass is 10.0. The van der Waals surface area contributed by atoms with E-state index >= 15 is 0 Å². The first-order valence-electron chi connectivity index (χ1n) is 6.65. The average molecular weight is 235 g/mol.